The molecule has 2 heterocycles. The summed E-state index contributed by atoms with van der Waals surface area (Å²) in [5, 5.41) is 13.3. The molecule has 28 heavy (non-hydrogen) atoms. The average molecular weight is 385 g/mol. The van der Waals surface area contributed by atoms with Crippen LogP contribution < -0.4 is 10.9 Å². The summed E-state index contributed by atoms with van der Waals surface area (Å²) in [5.74, 6) is -1.14. The standard InChI is InChI=1S/C21H23NO6/c1-9(2)19(20(24)25)22-18(23)7-15-11(4)14-6-13-10(3)12(5)27-16(13)8-17(14)28-21(15)26/h6,8-9,19H,7H2,1-5H3,(H,22,23)(H,24,25)/t19-/m0/s1. The summed E-state index contributed by atoms with van der Waals surface area (Å²) >= 11 is 0. The molecule has 0 aliphatic carbocycles. The van der Waals surface area contributed by atoms with E-state index in [2.05, 4.69) is 5.32 Å². The summed E-state index contributed by atoms with van der Waals surface area (Å²) in [5.41, 5.74) is 2.27. The molecule has 0 bridgehead atoms. The number of hydrogen-bond acceptors (Lipinski definition) is 5. The van der Waals surface area contributed by atoms with Gasteiger partial charge in [0.2, 0.25) is 5.91 Å². The Morgan fingerprint density at radius 3 is 2.25 bits per heavy atom. The van der Waals surface area contributed by atoms with E-state index in [1.165, 1.54) is 0 Å². The number of carboxylic acids is 1. The third kappa shape index (κ3) is 3.40. The van der Waals surface area contributed by atoms with E-state index in [0.717, 1.165) is 22.1 Å². The van der Waals surface area contributed by atoms with E-state index < -0.39 is 23.5 Å². The first kappa shape index (κ1) is 19.7. The van der Waals surface area contributed by atoms with Gasteiger partial charge in [-0.25, -0.2) is 9.59 Å². The van der Waals surface area contributed by atoms with Gasteiger partial charge in [-0.05, 0) is 43.9 Å². The van der Waals surface area contributed by atoms with Crippen LogP contribution in [0.3, 0.4) is 0 Å². The Hall–Kier alpha value is -3.09. The van der Waals surface area contributed by atoms with Crippen molar-refractivity contribution in [3.63, 3.8) is 0 Å². The third-order valence-corrected chi connectivity index (χ3v) is 5.17. The van der Waals surface area contributed by atoms with Gasteiger partial charge in [-0.1, -0.05) is 13.8 Å². The molecule has 0 unspecified atom stereocenters. The number of carboxylic acid groups (broad SMARTS) is 1. The molecular formula is C21H23NO6. The molecule has 0 aliphatic heterocycles. The van der Waals surface area contributed by atoms with Crippen LogP contribution in [0, 0.1) is 26.7 Å². The molecule has 1 atom stereocenters. The van der Waals surface area contributed by atoms with Crippen molar-refractivity contribution in [3.05, 3.63) is 45.0 Å². The van der Waals surface area contributed by atoms with Gasteiger partial charge in [-0.3, -0.25) is 4.79 Å². The Morgan fingerprint density at radius 1 is 1.04 bits per heavy atom. The third-order valence-electron chi connectivity index (χ3n) is 5.17. The molecule has 0 spiro atoms. The maximum absolute atomic E-state index is 12.5. The van der Waals surface area contributed by atoms with Crippen LogP contribution in [0.4, 0.5) is 0 Å². The monoisotopic (exact) mass is 385 g/mol. The molecule has 3 aromatic rings. The predicted octanol–water partition coefficient (Wildman–Crippen LogP) is 3.23. The lowest BCUT2D eigenvalue weighted by molar-refractivity contribution is -0.143. The fourth-order valence-electron chi connectivity index (χ4n) is 3.33. The van der Waals surface area contributed by atoms with Crippen molar-refractivity contribution in [2.45, 2.75) is 47.1 Å². The van der Waals surface area contributed by atoms with Crippen molar-refractivity contribution < 1.29 is 23.5 Å². The molecule has 0 aliphatic rings. The fourth-order valence-corrected chi connectivity index (χ4v) is 3.33. The molecular weight excluding hydrogens is 362 g/mol. The number of furan rings is 1. The van der Waals surface area contributed by atoms with E-state index in [9.17, 15) is 19.5 Å². The van der Waals surface area contributed by atoms with Crippen LogP contribution in [0.5, 0.6) is 0 Å². The minimum absolute atomic E-state index is 0.218. The molecule has 1 aromatic carbocycles. The first-order chi connectivity index (χ1) is 13.1. The second-order valence-corrected chi connectivity index (χ2v) is 7.43. The Balaban J connectivity index is 2.02. The molecule has 0 radical (unpaired) electrons. The number of aliphatic carboxylic acids is 1. The van der Waals surface area contributed by atoms with Gasteiger partial charge in [0.15, 0.2) is 0 Å². The number of carbonyl (C=O) groups excluding carboxylic acids is 1. The molecule has 1 amide bonds. The highest BCUT2D eigenvalue weighted by Crippen LogP contribution is 2.31. The Kier molecular flexibility index (Phi) is 5.02. The second-order valence-electron chi connectivity index (χ2n) is 7.43. The number of nitrogens with one attached hydrogen (secondary N) is 1. The van der Waals surface area contributed by atoms with Gasteiger partial charge in [-0.2, -0.15) is 0 Å². The van der Waals surface area contributed by atoms with E-state index in [1.807, 2.05) is 19.9 Å². The Bertz CT molecular complexity index is 1150. The minimum Gasteiger partial charge on any atom is -0.480 e. The van der Waals surface area contributed by atoms with Crippen molar-refractivity contribution in [2.75, 3.05) is 0 Å². The van der Waals surface area contributed by atoms with E-state index >= 15 is 0 Å². The van der Waals surface area contributed by atoms with Gasteiger partial charge in [0, 0.05) is 16.8 Å². The molecule has 0 saturated heterocycles. The van der Waals surface area contributed by atoms with Crippen molar-refractivity contribution >= 4 is 33.8 Å². The number of rotatable bonds is 5. The lowest BCUT2D eigenvalue weighted by Gasteiger charge is -2.18. The summed E-state index contributed by atoms with van der Waals surface area (Å²) in [7, 11) is 0. The van der Waals surface area contributed by atoms with Crippen LogP contribution in [-0.4, -0.2) is 23.0 Å². The second kappa shape index (κ2) is 7.14. The molecule has 7 nitrogen and oxygen atoms in total. The highest BCUT2D eigenvalue weighted by molar-refractivity contribution is 5.97. The average Bonchev–Trinajstić information content (AvgIpc) is 2.88. The maximum atomic E-state index is 12.5. The van der Waals surface area contributed by atoms with Crippen LogP contribution in [0.1, 0.15) is 36.3 Å². The molecule has 2 aromatic heterocycles. The van der Waals surface area contributed by atoms with Crippen LogP contribution in [0.2, 0.25) is 0 Å². The van der Waals surface area contributed by atoms with E-state index in [1.54, 1.807) is 26.8 Å². The van der Waals surface area contributed by atoms with Gasteiger partial charge in [0.05, 0.1) is 12.0 Å². The van der Waals surface area contributed by atoms with E-state index in [4.69, 9.17) is 8.83 Å². The fraction of sp³-hybridized carbons (Fsp3) is 0.381. The number of fused-ring (bicyclic) bond motifs is 2. The Morgan fingerprint density at radius 2 is 1.64 bits per heavy atom. The lowest BCUT2D eigenvalue weighted by Crippen LogP contribution is -2.45. The molecule has 7 heteroatoms. The quantitative estimate of drug-likeness (QED) is 0.653. The van der Waals surface area contributed by atoms with Gasteiger partial charge < -0.3 is 19.3 Å². The van der Waals surface area contributed by atoms with Gasteiger partial charge >= 0.3 is 11.6 Å². The summed E-state index contributed by atoms with van der Waals surface area (Å²) in [4.78, 5) is 36.1. The van der Waals surface area contributed by atoms with E-state index in [-0.39, 0.29) is 17.9 Å². The number of benzene rings is 1. The summed E-state index contributed by atoms with van der Waals surface area (Å²) in [6, 6.07) is 2.56. The zero-order valence-electron chi connectivity index (χ0n) is 16.5. The SMILES string of the molecule is Cc1oc2cc3oc(=O)c(CC(=O)N[C@H](C(=O)O)C(C)C)c(C)c3cc2c1C. The number of carbonyl (C=O) groups is 2. The topological polar surface area (TPSA) is 110 Å². The number of hydrogen-bond donors (Lipinski definition) is 2. The van der Waals surface area contributed by atoms with Crippen molar-refractivity contribution in [1.82, 2.24) is 5.32 Å². The molecule has 3 rings (SSSR count). The minimum atomic E-state index is -1.11. The number of amides is 1. The van der Waals surface area contributed by atoms with Gasteiger partial charge in [-0.15, -0.1) is 0 Å². The van der Waals surface area contributed by atoms with Crippen LogP contribution in [-0.2, 0) is 16.0 Å². The highest BCUT2D eigenvalue weighted by Gasteiger charge is 2.25. The van der Waals surface area contributed by atoms with Crippen LogP contribution in [0.25, 0.3) is 21.9 Å². The first-order valence-corrected chi connectivity index (χ1v) is 9.08. The Labute approximate surface area is 161 Å². The van der Waals surface area contributed by atoms with Crippen LogP contribution >= 0.6 is 0 Å². The smallest absolute Gasteiger partial charge is 0.340 e. The molecule has 0 saturated carbocycles. The van der Waals surface area contributed by atoms with Gasteiger partial charge in [0.1, 0.15) is 23.0 Å². The zero-order valence-corrected chi connectivity index (χ0v) is 16.5. The summed E-state index contributed by atoms with van der Waals surface area (Å²) in [6.45, 7) is 8.98. The predicted molar refractivity (Wildman–Crippen MR) is 105 cm³/mol. The zero-order chi connectivity index (χ0) is 20.7. The summed E-state index contributed by atoms with van der Waals surface area (Å²) in [6.07, 6.45) is -0.248. The molecule has 0 fully saturated rings. The van der Waals surface area contributed by atoms with Crippen LogP contribution in [0.15, 0.2) is 25.8 Å². The number of aryl methyl sites for hydroxylation is 3. The van der Waals surface area contributed by atoms with E-state index in [0.29, 0.717) is 16.7 Å². The van der Waals surface area contributed by atoms with Gasteiger partial charge in [0.25, 0.3) is 0 Å². The van der Waals surface area contributed by atoms with Crippen molar-refractivity contribution in [1.29, 1.82) is 0 Å². The normalized spacial score (nSPS) is 12.6. The lowest BCUT2D eigenvalue weighted by atomic mass is 10.0. The van der Waals surface area contributed by atoms with Crippen molar-refractivity contribution in [2.24, 2.45) is 5.92 Å². The largest absolute Gasteiger partial charge is 0.480 e. The van der Waals surface area contributed by atoms with Crippen molar-refractivity contribution in [3.8, 4) is 0 Å². The maximum Gasteiger partial charge on any atom is 0.340 e. The highest BCUT2D eigenvalue weighted by atomic mass is 16.4. The summed E-state index contributed by atoms with van der Waals surface area (Å²) < 4.78 is 11.1. The molecule has 2 N–H and O–H groups in total. The molecule has 148 valence electrons. The first-order valence-electron chi connectivity index (χ1n) is 9.08.